The van der Waals surface area contributed by atoms with Gasteiger partial charge in [0.15, 0.2) is 0 Å². The maximum absolute atomic E-state index is 11.3. The van der Waals surface area contributed by atoms with Gasteiger partial charge in [-0.3, -0.25) is 0 Å². The fourth-order valence-corrected chi connectivity index (χ4v) is 1.33. The lowest BCUT2D eigenvalue weighted by Crippen LogP contribution is -2.36. The third-order valence-corrected chi connectivity index (χ3v) is 2.11. The Morgan fingerprint density at radius 1 is 1.18 bits per heavy atom. The number of rotatable bonds is 7. The van der Waals surface area contributed by atoms with Crippen molar-refractivity contribution in [2.75, 3.05) is 19.6 Å². The van der Waals surface area contributed by atoms with E-state index in [0.29, 0.717) is 6.54 Å². The van der Waals surface area contributed by atoms with Crippen molar-refractivity contribution in [2.24, 2.45) is 5.92 Å². The van der Waals surface area contributed by atoms with Crippen molar-refractivity contribution in [3.8, 4) is 0 Å². The molecule has 0 heterocycles. The Morgan fingerprint density at radius 3 is 2.35 bits per heavy atom. The molecule has 0 bridgehead atoms. The first-order chi connectivity index (χ1) is 7.81. The molecule has 0 aromatic heterocycles. The van der Waals surface area contributed by atoms with E-state index in [-0.39, 0.29) is 6.09 Å². The summed E-state index contributed by atoms with van der Waals surface area (Å²) in [6.07, 6.45) is 2.08. The maximum atomic E-state index is 11.3. The van der Waals surface area contributed by atoms with Gasteiger partial charge in [0, 0.05) is 13.1 Å². The number of amides is 1. The lowest BCUT2D eigenvalue weighted by atomic mass is 10.1. The maximum Gasteiger partial charge on any atom is 0.407 e. The molecule has 0 aromatic carbocycles. The number of carbonyl (C=O) groups excluding carboxylic acids is 1. The zero-order valence-electron chi connectivity index (χ0n) is 11.9. The number of nitrogens with one attached hydrogen (secondary N) is 2. The highest BCUT2D eigenvalue weighted by Crippen LogP contribution is 2.06. The van der Waals surface area contributed by atoms with Crippen molar-refractivity contribution in [3.63, 3.8) is 0 Å². The first-order valence-electron chi connectivity index (χ1n) is 6.49. The van der Waals surface area contributed by atoms with Crippen LogP contribution in [0.4, 0.5) is 4.79 Å². The summed E-state index contributed by atoms with van der Waals surface area (Å²) < 4.78 is 5.12. The highest BCUT2D eigenvalue weighted by molar-refractivity contribution is 5.67. The average Bonchev–Trinajstić information content (AvgIpc) is 2.12. The van der Waals surface area contributed by atoms with Gasteiger partial charge in [0.2, 0.25) is 0 Å². The molecular weight excluding hydrogens is 216 g/mol. The highest BCUT2D eigenvalue weighted by Gasteiger charge is 2.15. The number of alkyl carbamates (subject to hydrolysis) is 1. The minimum atomic E-state index is -0.422. The predicted molar refractivity (Wildman–Crippen MR) is 71.2 cm³/mol. The van der Waals surface area contributed by atoms with Crippen molar-refractivity contribution in [2.45, 2.75) is 53.1 Å². The van der Waals surface area contributed by atoms with Crippen LogP contribution in [0.2, 0.25) is 0 Å². The van der Waals surface area contributed by atoms with E-state index >= 15 is 0 Å². The lowest BCUT2D eigenvalue weighted by Gasteiger charge is -2.19. The van der Waals surface area contributed by atoms with Gasteiger partial charge in [-0.15, -0.1) is 0 Å². The second-order valence-corrected chi connectivity index (χ2v) is 5.71. The molecule has 0 rings (SSSR count). The van der Waals surface area contributed by atoms with E-state index in [1.807, 2.05) is 20.8 Å². The SMILES string of the molecule is CC(C)CCCNCCNC(=O)OC(C)(C)C. The van der Waals surface area contributed by atoms with Crippen molar-refractivity contribution < 1.29 is 9.53 Å². The van der Waals surface area contributed by atoms with Crippen LogP contribution in [-0.4, -0.2) is 31.3 Å². The van der Waals surface area contributed by atoms with E-state index < -0.39 is 5.60 Å². The van der Waals surface area contributed by atoms with Crippen LogP contribution >= 0.6 is 0 Å². The minimum Gasteiger partial charge on any atom is -0.444 e. The van der Waals surface area contributed by atoms with Crippen LogP contribution in [0.1, 0.15) is 47.5 Å². The molecule has 0 atom stereocenters. The number of ether oxygens (including phenoxy) is 1. The second kappa shape index (κ2) is 8.34. The standard InChI is InChI=1S/C13H28N2O2/c1-11(2)7-6-8-14-9-10-15-12(16)17-13(3,4)5/h11,14H,6-10H2,1-5H3,(H,15,16). The zero-order valence-corrected chi connectivity index (χ0v) is 11.9. The summed E-state index contributed by atoms with van der Waals surface area (Å²) in [5.41, 5.74) is -0.422. The molecule has 4 heteroatoms. The molecule has 17 heavy (non-hydrogen) atoms. The quantitative estimate of drug-likeness (QED) is 0.677. The van der Waals surface area contributed by atoms with Gasteiger partial charge in [-0.2, -0.15) is 0 Å². The van der Waals surface area contributed by atoms with E-state index in [1.54, 1.807) is 0 Å². The molecule has 4 nitrogen and oxygen atoms in total. The summed E-state index contributed by atoms with van der Waals surface area (Å²) in [5.74, 6) is 0.761. The molecule has 0 aliphatic rings. The molecule has 0 aliphatic carbocycles. The third kappa shape index (κ3) is 13.2. The molecule has 0 fully saturated rings. The number of carbonyl (C=O) groups is 1. The Hall–Kier alpha value is -0.770. The largest absolute Gasteiger partial charge is 0.444 e. The van der Waals surface area contributed by atoms with Gasteiger partial charge in [-0.05, 0) is 46.1 Å². The molecule has 0 radical (unpaired) electrons. The van der Waals surface area contributed by atoms with Crippen molar-refractivity contribution >= 4 is 6.09 Å². The van der Waals surface area contributed by atoms with Gasteiger partial charge in [0.1, 0.15) is 5.60 Å². The van der Waals surface area contributed by atoms with Crippen molar-refractivity contribution in [3.05, 3.63) is 0 Å². The average molecular weight is 244 g/mol. The fourth-order valence-electron chi connectivity index (χ4n) is 1.33. The summed E-state index contributed by atoms with van der Waals surface area (Å²) in [5, 5.41) is 6.00. The molecule has 0 spiro atoms. The summed E-state index contributed by atoms with van der Waals surface area (Å²) in [6.45, 7) is 12.4. The molecule has 2 N–H and O–H groups in total. The van der Waals surface area contributed by atoms with E-state index in [0.717, 1.165) is 19.0 Å². The molecular formula is C13H28N2O2. The van der Waals surface area contributed by atoms with Crippen LogP contribution in [-0.2, 0) is 4.74 Å². The molecule has 1 amide bonds. The van der Waals surface area contributed by atoms with Crippen LogP contribution < -0.4 is 10.6 Å². The summed E-state index contributed by atoms with van der Waals surface area (Å²) in [4.78, 5) is 11.3. The van der Waals surface area contributed by atoms with Crippen molar-refractivity contribution in [1.82, 2.24) is 10.6 Å². The number of hydrogen-bond acceptors (Lipinski definition) is 3. The minimum absolute atomic E-state index is 0.346. The molecule has 0 aliphatic heterocycles. The smallest absolute Gasteiger partial charge is 0.407 e. The van der Waals surface area contributed by atoms with E-state index in [1.165, 1.54) is 12.8 Å². The Balaban J connectivity index is 3.31. The summed E-state index contributed by atoms with van der Waals surface area (Å²) in [7, 11) is 0. The Labute approximate surface area is 105 Å². The predicted octanol–water partition coefficient (Wildman–Crippen LogP) is 2.54. The van der Waals surface area contributed by atoms with E-state index in [9.17, 15) is 4.79 Å². The Bertz CT molecular complexity index is 210. The lowest BCUT2D eigenvalue weighted by molar-refractivity contribution is 0.0528. The van der Waals surface area contributed by atoms with Gasteiger partial charge in [-0.25, -0.2) is 4.79 Å². The molecule has 0 saturated carbocycles. The molecule has 0 unspecified atom stereocenters. The first-order valence-corrected chi connectivity index (χ1v) is 6.49. The Kier molecular flexibility index (Phi) is 7.96. The van der Waals surface area contributed by atoms with Crippen LogP contribution in [0.25, 0.3) is 0 Å². The van der Waals surface area contributed by atoms with Crippen LogP contribution in [0.15, 0.2) is 0 Å². The van der Waals surface area contributed by atoms with Crippen molar-refractivity contribution in [1.29, 1.82) is 0 Å². The zero-order chi connectivity index (χ0) is 13.3. The van der Waals surface area contributed by atoms with E-state index in [4.69, 9.17) is 4.74 Å². The number of hydrogen-bond donors (Lipinski definition) is 2. The normalized spacial score (nSPS) is 11.6. The monoisotopic (exact) mass is 244 g/mol. The topological polar surface area (TPSA) is 50.4 Å². The first kappa shape index (κ1) is 16.2. The molecule has 0 saturated heterocycles. The fraction of sp³-hybridized carbons (Fsp3) is 0.923. The van der Waals surface area contributed by atoms with Crippen LogP contribution in [0.5, 0.6) is 0 Å². The van der Waals surface area contributed by atoms with Gasteiger partial charge in [-0.1, -0.05) is 13.8 Å². The summed E-state index contributed by atoms with van der Waals surface area (Å²) >= 11 is 0. The molecule has 102 valence electrons. The van der Waals surface area contributed by atoms with Gasteiger partial charge in [0.05, 0.1) is 0 Å². The van der Waals surface area contributed by atoms with Gasteiger partial charge in [0.25, 0.3) is 0 Å². The van der Waals surface area contributed by atoms with Crippen LogP contribution in [0.3, 0.4) is 0 Å². The second-order valence-electron chi connectivity index (χ2n) is 5.71. The van der Waals surface area contributed by atoms with Crippen LogP contribution in [0, 0.1) is 5.92 Å². The van der Waals surface area contributed by atoms with E-state index in [2.05, 4.69) is 24.5 Å². The highest BCUT2D eigenvalue weighted by atomic mass is 16.6. The van der Waals surface area contributed by atoms with Gasteiger partial charge < -0.3 is 15.4 Å². The summed E-state index contributed by atoms with van der Waals surface area (Å²) in [6, 6.07) is 0. The van der Waals surface area contributed by atoms with Gasteiger partial charge >= 0.3 is 6.09 Å². The Morgan fingerprint density at radius 2 is 1.82 bits per heavy atom. The molecule has 0 aromatic rings. The third-order valence-electron chi connectivity index (χ3n) is 2.11.